The molecule has 0 aromatic heterocycles. The van der Waals surface area contributed by atoms with Crippen molar-refractivity contribution < 1.29 is 73.3 Å². The molecular weight excluding hydrogens is 950 g/mol. The van der Waals surface area contributed by atoms with Crippen molar-refractivity contribution in [2.75, 3.05) is 0 Å². The van der Waals surface area contributed by atoms with E-state index < -0.39 is 0 Å². The molecule has 0 spiro atoms. The summed E-state index contributed by atoms with van der Waals surface area (Å²) in [6.07, 6.45) is 22.1. The zero-order valence-corrected chi connectivity index (χ0v) is 47.2. The van der Waals surface area contributed by atoms with Crippen LogP contribution in [0.2, 0.25) is 0 Å². The van der Waals surface area contributed by atoms with Gasteiger partial charge in [0.2, 0.25) is 0 Å². The Morgan fingerprint density at radius 2 is 0.742 bits per heavy atom. The summed E-state index contributed by atoms with van der Waals surface area (Å²) in [5.74, 6) is 0. The van der Waals surface area contributed by atoms with Gasteiger partial charge in [-0.25, -0.2) is 24.3 Å². The molecule has 4 heteroatoms. The van der Waals surface area contributed by atoms with Crippen molar-refractivity contribution in [2.45, 2.75) is 158 Å². The molecule has 0 amide bonds. The van der Waals surface area contributed by atoms with Gasteiger partial charge in [-0.1, -0.05) is 153 Å². The minimum absolute atomic E-state index is 0. The van der Waals surface area contributed by atoms with E-state index in [0.717, 1.165) is 25.7 Å². The van der Waals surface area contributed by atoms with Gasteiger partial charge in [-0.2, -0.15) is 70.8 Å². The second-order valence-corrected chi connectivity index (χ2v) is 25.6. The topological polar surface area (TPSA) is 0 Å². The van der Waals surface area contributed by atoms with Crippen LogP contribution >= 0.6 is 0 Å². The van der Waals surface area contributed by atoms with Gasteiger partial charge in [-0.15, -0.1) is 24.0 Å². The maximum Gasteiger partial charge on any atom is -0.109 e. The monoisotopic (exact) mass is 1020 g/mol. The number of hydrogen-bond acceptors (Lipinski definition) is 0. The van der Waals surface area contributed by atoms with E-state index in [2.05, 4.69) is 208 Å². The number of hydrogen-bond donors (Lipinski definition) is 0. The Bertz CT molecular complexity index is 1910. The van der Waals surface area contributed by atoms with Crippen molar-refractivity contribution in [3.63, 3.8) is 0 Å². The number of allylic oxidation sites excluding steroid dienone is 8. The Labute approximate surface area is 422 Å². The zero-order chi connectivity index (χ0) is 45.1. The first-order valence-electron chi connectivity index (χ1n) is 21.6. The molecule has 62 heavy (non-hydrogen) atoms. The minimum Gasteiger partial charge on any atom is -1.00 e. The third-order valence-corrected chi connectivity index (χ3v) is 10.2. The standard InChI is InChI=1S/2C21H25.2C5H5.2C3H6.2ClH.2Zr/c2*1-20(2,3)16-9-7-14-11-15-8-10-17(21(4,5)6)13-19(15)18(14)12-16;2*1-2-4-5-3-1;2*1-3-2;;;;/h2*7,9-10,12-13H,11H2,1-6H3;2*1-3H,4H2;2*1-2H3;2*1H;;/q4*-1;;;;;2*+2/p-2. The van der Waals surface area contributed by atoms with Gasteiger partial charge in [0.25, 0.3) is 0 Å². The largest absolute Gasteiger partial charge is 1.00 e. The van der Waals surface area contributed by atoms with Gasteiger partial charge < -0.3 is 24.8 Å². The number of benzene rings is 4. The van der Waals surface area contributed by atoms with Crippen LogP contribution in [0.4, 0.5) is 0 Å². The van der Waals surface area contributed by atoms with Gasteiger partial charge in [0.15, 0.2) is 0 Å². The fourth-order valence-corrected chi connectivity index (χ4v) is 6.65. The van der Waals surface area contributed by atoms with Gasteiger partial charge in [0, 0.05) is 0 Å². The van der Waals surface area contributed by atoms with Gasteiger partial charge >= 0.3 is 82.6 Å². The molecule has 328 valence electrons. The average Bonchev–Trinajstić information content (AvgIpc) is 3.97. The molecule has 0 aliphatic heterocycles. The van der Waals surface area contributed by atoms with E-state index in [1.54, 1.807) is 48.5 Å². The fraction of sp³-hybridized carbons (Fsp3) is 0.414. The molecule has 0 saturated heterocycles. The van der Waals surface area contributed by atoms with Gasteiger partial charge in [-0.05, 0) is 34.8 Å². The fourth-order valence-electron chi connectivity index (χ4n) is 6.65. The smallest absolute Gasteiger partial charge is 0.109 e. The van der Waals surface area contributed by atoms with Crippen LogP contribution in [0.5, 0.6) is 0 Å². The van der Waals surface area contributed by atoms with Crippen molar-refractivity contribution >= 4 is 6.41 Å². The average molecular weight is 1020 g/mol. The SMILES string of the molecule is CC(C)(C)c1c[c-]c2c(c1)-c1cc(C(C)(C)C)ccc1C2.CC(C)(C)c1c[c-]c2c(c1)-c1cc(C(C)(C)C)ccc1C2.C[C](C)=[Zr+2].C[C](C)=[Zr+2].[C-]1=CC=CC1.[C-]1=CC=CC1.[Cl-].[Cl-]. The molecule has 4 aromatic carbocycles. The Morgan fingerprint density at radius 1 is 0.452 bits per heavy atom. The quantitative estimate of drug-likeness (QED) is 0.133. The van der Waals surface area contributed by atoms with E-state index in [4.69, 9.17) is 0 Å². The van der Waals surface area contributed by atoms with Crippen LogP contribution in [0.3, 0.4) is 0 Å². The summed E-state index contributed by atoms with van der Waals surface area (Å²) in [6, 6.07) is 30.1. The number of fused-ring (bicyclic) bond motifs is 6. The first kappa shape index (κ1) is 57.9. The summed E-state index contributed by atoms with van der Waals surface area (Å²) in [5.41, 5.74) is 17.5. The predicted octanol–water partition coefficient (Wildman–Crippen LogP) is 9.42. The van der Waals surface area contributed by atoms with Crippen LogP contribution < -0.4 is 24.8 Å². The second-order valence-electron chi connectivity index (χ2n) is 20.7. The van der Waals surface area contributed by atoms with E-state index in [0.29, 0.717) is 0 Å². The summed E-state index contributed by atoms with van der Waals surface area (Å²) in [4.78, 5) is 0. The first-order chi connectivity index (χ1) is 27.8. The van der Waals surface area contributed by atoms with Crippen molar-refractivity contribution in [3.8, 4) is 22.3 Å². The zero-order valence-electron chi connectivity index (χ0n) is 40.8. The van der Waals surface area contributed by atoms with E-state index in [1.165, 1.54) is 73.2 Å². The van der Waals surface area contributed by atoms with Gasteiger partial charge in [-0.3, -0.25) is 12.2 Å². The molecule has 8 rings (SSSR count). The van der Waals surface area contributed by atoms with Crippen LogP contribution in [-0.4, -0.2) is 6.41 Å². The second kappa shape index (κ2) is 25.6. The van der Waals surface area contributed by atoms with E-state index >= 15 is 0 Å². The van der Waals surface area contributed by atoms with Crippen molar-refractivity contribution in [1.29, 1.82) is 0 Å². The van der Waals surface area contributed by atoms with Crippen molar-refractivity contribution in [3.05, 3.63) is 166 Å². The molecular formula is C58H72Cl2Zr2-2. The van der Waals surface area contributed by atoms with Gasteiger partial charge in [0.1, 0.15) is 0 Å². The molecule has 0 N–H and O–H groups in total. The Hall–Kier alpha value is -2.07. The molecule has 4 aliphatic carbocycles. The molecule has 4 aromatic rings. The third-order valence-electron chi connectivity index (χ3n) is 10.2. The van der Waals surface area contributed by atoms with Crippen LogP contribution in [0.1, 0.15) is 168 Å². The molecule has 0 radical (unpaired) electrons. The van der Waals surface area contributed by atoms with Gasteiger partial charge in [0.05, 0.1) is 0 Å². The summed E-state index contributed by atoms with van der Waals surface area (Å²) < 4.78 is 3.01. The normalized spacial score (nSPS) is 13.2. The molecule has 0 unspecified atom stereocenters. The molecule has 0 fully saturated rings. The first-order valence-corrected chi connectivity index (χ1v) is 24.1. The Kier molecular flexibility index (Phi) is 23.9. The molecule has 0 atom stereocenters. The Morgan fingerprint density at radius 3 is 0.968 bits per heavy atom. The van der Waals surface area contributed by atoms with Crippen LogP contribution in [-0.2, 0) is 83.0 Å². The Balaban J connectivity index is 0.000000434. The molecule has 0 nitrogen and oxygen atoms in total. The van der Waals surface area contributed by atoms with E-state index in [1.807, 2.05) is 24.3 Å². The molecule has 4 aliphatic rings. The summed E-state index contributed by atoms with van der Waals surface area (Å²) in [7, 11) is 0. The minimum atomic E-state index is 0. The number of halogens is 2. The van der Waals surface area contributed by atoms with Crippen molar-refractivity contribution in [1.82, 2.24) is 0 Å². The van der Waals surface area contributed by atoms with Crippen LogP contribution in [0.15, 0.2) is 97.1 Å². The van der Waals surface area contributed by atoms with Crippen molar-refractivity contribution in [2.24, 2.45) is 0 Å². The molecule has 0 bridgehead atoms. The van der Waals surface area contributed by atoms with Crippen LogP contribution in [0.25, 0.3) is 22.3 Å². The van der Waals surface area contributed by atoms with Crippen LogP contribution in [0, 0.1) is 24.3 Å². The molecule has 0 heterocycles. The summed E-state index contributed by atoms with van der Waals surface area (Å²) in [5, 5.41) is 0. The maximum absolute atomic E-state index is 3.53. The maximum atomic E-state index is 3.53. The number of rotatable bonds is 0. The summed E-state index contributed by atoms with van der Waals surface area (Å²) >= 11 is 3.11. The molecule has 0 saturated carbocycles. The van der Waals surface area contributed by atoms with E-state index in [9.17, 15) is 0 Å². The third kappa shape index (κ3) is 18.8. The predicted molar refractivity (Wildman–Crippen MR) is 258 cm³/mol. The van der Waals surface area contributed by atoms with E-state index in [-0.39, 0.29) is 46.5 Å². The summed E-state index contributed by atoms with van der Waals surface area (Å²) in [6.45, 7) is 35.8.